The van der Waals surface area contributed by atoms with Crippen LogP contribution in [0.2, 0.25) is 0 Å². The van der Waals surface area contributed by atoms with Crippen LogP contribution in [0, 0.1) is 11.6 Å². The Kier molecular flexibility index (Phi) is 6.47. The van der Waals surface area contributed by atoms with E-state index in [2.05, 4.69) is 10.2 Å². The van der Waals surface area contributed by atoms with Crippen molar-refractivity contribution in [3.63, 3.8) is 0 Å². The van der Waals surface area contributed by atoms with Crippen LogP contribution in [0.15, 0.2) is 48.5 Å². The molecule has 1 saturated heterocycles. The number of nitrogens with one attached hydrogen (secondary N) is 1. The number of hydrogen-bond acceptors (Lipinski definition) is 4. The molecule has 1 N–H and O–H groups in total. The molecule has 0 amide bonds. The summed E-state index contributed by atoms with van der Waals surface area (Å²) in [5.41, 5.74) is 1.19. The van der Waals surface area contributed by atoms with Gasteiger partial charge in [-0.25, -0.2) is 17.2 Å². The minimum Gasteiger partial charge on any atom is -0.311 e. The molecule has 0 unspecified atom stereocenters. The molecule has 3 rings (SSSR count). The fraction of sp³-hybridized carbons (Fsp3) is 0.429. The van der Waals surface area contributed by atoms with Crippen molar-refractivity contribution in [2.24, 2.45) is 0 Å². The van der Waals surface area contributed by atoms with Gasteiger partial charge in [0.05, 0.1) is 11.5 Å². The SMILES string of the molecule is C[C@@]1(N(CCNCc2cccc(F)c2)Cc2cccc(F)c2)CCS(=O)(=O)C1. The minimum atomic E-state index is -3.06. The lowest BCUT2D eigenvalue weighted by Gasteiger charge is -2.38. The average Bonchev–Trinajstić information content (AvgIpc) is 2.92. The normalized spacial score (nSPS) is 21.3. The monoisotopic (exact) mass is 408 g/mol. The summed E-state index contributed by atoms with van der Waals surface area (Å²) >= 11 is 0. The number of rotatable bonds is 8. The second-order valence-corrected chi connectivity index (χ2v) is 9.88. The summed E-state index contributed by atoms with van der Waals surface area (Å²) in [5, 5.41) is 3.29. The molecule has 1 atom stereocenters. The molecule has 0 radical (unpaired) electrons. The van der Waals surface area contributed by atoms with Gasteiger partial charge in [-0.2, -0.15) is 0 Å². The Morgan fingerprint density at radius 2 is 1.71 bits per heavy atom. The predicted molar refractivity (Wildman–Crippen MR) is 107 cm³/mol. The van der Waals surface area contributed by atoms with Crippen molar-refractivity contribution in [2.75, 3.05) is 24.6 Å². The maximum absolute atomic E-state index is 13.6. The largest absolute Gasteiger partial charge is 0.311 e. The van der Waals surface area contributed by atoms with Crippen LogP contribution in [0.5, 0.6) is 0 Å². The first kappa shape index (κ1) is 20.9. The van der Waals surface area contributed by atoms with Gasteiger partial charge in [-0.05, 0) is 48.7 Å². The summed E-state index contributed by atoms with van der Waals surface area (Å²) in [6.07, 6.45) is 0.564. The number of sulfone groups is 1. The van der Waals surface area contributed by atoms with E-state index in [0.717, 1.165) is 11.1 Å². The lowest BCUT2D eigenvalue weighted by atomic mass is 9.98. The van der Waals surface area contributed by atoms with E-state index in [1.807, 2.05) is 19.1 Å². The molecule has 4 nitrogen and oxygen atoms in total. The zero-order valence-corrected chi connectivity index (χ0v) is 16.8. The third-order valence-corrected chi connectivity index (χ3v) is 7.17. The number of halogens is 2. The van der Waals surface area contributed by atoms with Crippen molar-refractivity contribution in [3.8, 4) is 0 Å². The molecule has 0 saturated carbocycles. The molecule has 1 aliphatic heterocycles. The zero-order chi connectivity index (χ0) is 20.2. The van der Waals surface area contributed by atoms with E-state index in [0.29, 0.717) is 32.6 Å². The average molecular weight is 409 g/mol. The molecule has 0 aliphatic carbocycles. The molecule has 2 aromatic rings. The van der Waals surface area contributed by atoms with Crippen molar-refractivity contribution in [2.45, 2.75) is 32.0 Å². The summed E-state index contributed by atoms with van der Waals surface area (Å²) < 4.78 is 51.0. The Labute approximate surface area is 165 Å². The van der Waals surface area contributed by atoms with E-state index in [4.69, 9.17) is 0 Å². The van der Waals surface area contributed by atoms with Crippen LogP contribution in [-0.2, 0) is 22.9 Å². The van der Waals surface area contributed by atoms with Crippen LogP contribution in [-0.4, -0.2) is 43.5 Å². The van der Waals surface area contributed by atoms with Gasteiger partial charge in [-0.3, -0.25) is 4.90 Å². The third kappa shape index (κ3) is 5.59. The highest BCUT2D eigenvalue weighted by molar-refractivity contribution is 7.91. The Bertz CT molecular complexity index is 920. The van der Waals surface area contributed by atoms with Crippen LogP contribution in [0.4, 0.5) is 8.78 Å². The van der Waals surface area contributed by atoms with Gasteiger partial charge in [0, 0.05) is 31.7 Å². The molecule has 2 aromatic carbocycles. The van der Waals surface area contributed by atoms with E-state index >= 15 is 0 Å². The van der Waals surface area contributed by atoms with Crippen LogP contribution < -0.4 is 5.32 Å². The van der Waals surface area contributed by atoms with E-state index in [9.17, 15) is 17.2 Å². The summed E-state index contributed by atoms with van der Waals surface area (Å²) in [6.45, 7) is 4.19. The number of nitrogens with zero attached hydrogens (tertiary/aromatic N) is 1. The van der Waals surface area contributed by atoms with E-state index in [1.165, 1.54) is 24.3 Å². The Balaban J connectivity index is 1.65. The number of benzene rings is 2. The van der Waals surface area contributed by atoms with Gasteiger partial charge in [-0.15, -0.1) is 0 Å². The minimum absolute atomic E-state index is 0.110. The van der Waals surface area contributed by atoms with Gasteiger partial charge in [0.15, 0.2) is 9.84 Å². The molecule has 1 aliphatic rings. The first-order valence-corrected chi connectivity index (χ1v) is 11.2. The van der Waals surface area contributed by atoms with E-state index in [1.54, 1.807) is 12.1 Å². The molecule has 0 spiro atoms. The van der Waals surface area contributed by atoms with E-state index in [-0.39, 0.29) is 23.1 Å². The molecule has 1 heterocycles. The maximum atomic E-state index is 13.6. The summed E-state index contributed by atoms with van der Waals surface area (Å²) in [6, 6.07) is 12.8. The lowest BCUT2D eigenvalue weighted by molar-refractivity contribution is 0.117. The van der Waals surface area contributed by atoms with Crippen molar-refractivity contribution in [1.29, 1.82) is 0 Å². The van der Waals surface area contributed by atoms with Crippen molar-refractivity contribution < 1.29 is 17.2 Å². The van der Waals surface area contributed by atoms with Gasteiger partial charge >= 0.3 is 0 Å². The Morgan fingerprint density at radius 3 is 2.32 bits per heavy atom. The highest BCUT2D eigenvalue weighted by atomic mass is 32.2. The second kappa shape index (κ2) is 8.68. The van der Waals surface area contributed by atoms with E-state index < -0.39 is 15.4 Å². The number of hydrogen-bond donors (Lipinski definition) is 1. The van der Waals surface area contributed by atoms with Crippen LogP contribution in [0.1, 0.15) is 24.5 Å². The van der Waals surface area contributed by atoms with Crippen LogP contribution in [0.3, 0.4) is 0 Å². The van der Waals surface area contributed by atoms with Crippen LogP contribution >= 0.6 is 0 Å². The summed E-state index contributed by atoms with van der Waals surface area (Å²) in [5.74, 6) is -0.277. The first-order valence-electron chi connectivity index (χ1n) is 9.41. The van der Waals surface area contributed by atoms with Gasteiger partial charge in [0.25, 0.3) is 0 Å². The third-order valence-electron chi connectivity index (χ3n) is 5.29. The van der Waals surface area contributed by atoms with Gasteiger partial charge in [0.2, 0.25) is 0 Å². The fourth-order valence-electron chi connectivity index (χ4n) is 3.73. The second-order valence-electron chi connectivity index (χ2n) is 7.70. The van der Waals surface area contributed by atoms with Crippen molar-refractivity contribution >= 4 is 9.84 Å². The molecule has 0 aromatic heterocycles. The topological polar surface area (TPSA) is 49.4 Å². The van der Waals surface area contributed by atoms with Crippen molar-refractivity contribution in [1.82, 2.24) is 10.2 Å². The molecule has 152 valence electrons. The zero-order valence-electron chi connectivity index (χ0n) is 16.0. The summed E-state index contributed by atoms with van der Waals surface area (Å²) in [7, 11) is -3.06. The highest BCUT2D eigenvalue weighted by Crippen LogP contribution is 2.30. The highest BCUT2D eigenvalue weighted by Gasteiger charge is 2.42. The van der Waals surface area contributed by atoms with Gasteiger partial charge < -0.3 is 5.32 Å². The first-order chi connectivity index (χ1) is 13.3. The fourth-order valence-corrected chi connectivity index (χ4v) is 5.90. The van der Waals surface area contributed by atoms with Gasteiger partial charge in [0.1, 0.15) is 11.6 Å². The quantitative estimate of drug-likeness (QED) is 0.682. The Morgan fingerprint density at radius 1 is 1.07 bits per heavy atom. The smallest absolute Gasteiger partial charge is 0.152 e. The molecule has 28 heavy (non-hydrogen) atoms. The maximum Gasteiger partial charge on any atom is 0.152 e. The molecule has 7 heteroatoms. The standard InChI is InChI=1S/C21H26F2N2O2S/c1-21(8-11-28(26,27)16-21)25(15-18-5-3-7-20(23)13-18)10-9-24-14-17-4-2-6-19(22)12-17/h2-7,12-13,24H,8-11,14-16H2,1H3/t21-/m1/s1. The lowest BCUT2D eigenvalue weighted by Crippen LogP contribution is -2.49. The van der Waals surface area contributed by atoms with Gasteiger partial charge in [-0.1, -0.05) is 24.3 Å². The molecule has 1 fully saturated rings. The molecular weight excluding hydrogens is 382 g/mol. The molecule has 0 bridgehead atoms. The predicted octanol–water partition coefficient (Wildman–Crippen LogP) is 3.13. The molecular formula is C21H26F2N2O2S. The van der Waals surface area contributed by atoms with Crippen molar-refractivity contribution in [3.05, 3.63) is 71.3 Å². The Hall–Kier alpha value is -1.83. The van der Waals surface area contributed by atoms with Crippen LogP contribution in [0.25, 0.3) is 0 Å². The summed E-state index contributed by atoms with van der Waals surface area (Å²) in [4.78, 5) is 2.12.